The van der Waals surface area contributed by atoms with Gasteiger partial charge in [-0.15, -0.1) is 11.3 Å². The SMILES string of the molecule is Cc1ncc(CN2CCC(Cc3ncncc3C(=O)Nc3ccc(F)cc3)CC2)s1. The molecule has 156 valence electrons. The van der Waals surface area contributed by atoms with E-state index in [2.05, 4.69) is 25.2 Å². The Bertz CT molecular complexity index is 999. The van der Waals surface area contributed by atoms with Gasteiger partial charge in [0.05, 0.1) is 16.3 Å². The van der Waals surface area contributed by atoms with Gasteiger partial charge in [-0.2, -0.15) is 0 Å². The predicted octanol–water partition coefficient (Wildman–Crippen LogP) is 4.09. The molecule has 1 N–H and O–H groups in total. The van der Waals surface area contributed by atoms with Crippen LogP contribution in [0.25, 0.3) is 0 Å². The van der Waals surface area contributed by atoms with Crippen LogP contribution in [-0.2, 0) is 13.0 Å². The molecule has 3 aromatic rings. The zero-order chi connectivity index (χ0) is 20.9. The molecule has 0 bridgehead atoms. The van der Waals surface area contributed by atoms with Crippen molar-refractivity contribution >= 4 is 22.9 Å². The molecule has 30 heavy (non-hydrogen) atoms. The molecular formula is C22H24FN5OS. The number of thiazole rings is 1. The molecule has 2 aromatic heterocycles. The van der Waals surface area contributed by atoms with Gasteiger partial charge in [0.2, 0.25) is 0 Å². The van der Waals surface area contributed by atoms with Crippen molar-refractivity contribution in [1.82, 2.24) is 19.9 Å². The summed E-state index contributed by atoms with van der Waals surface area (Å²) in [5.41, 5.74) is 1.79. The zero-order valence-corrected chi connectivity index (χ0v) is 17.7. The first kappa shape index (κ1) is 20.6. The van der Waals surface area contributed by atoms with E-state index in [1.54, 1.807) is 17.5 Å². The molecule has 0 spiro atoms. The number of halogens is 1. The topological polar surface area (TPSA) is 71.0 Å². The number of nitrogens with one attached hydrogen (secondary N) is 1. The van der Waals surface area contributed by atoms with Crippen LogP contribution in [0.1, 0.15) is 38.8 Å². The number of anilines is 1. The summed E-state index contributed by atoms with van der Waals surface area (Å²) in [6.45, 7) is 5.05. The molecule has 0 aliphatic carbocycles. The van der Waals surface area contributed by atoms with Gasteiger partial charge < -0.3 is 5.32 Å². The van der Waals surface area contributed by atoms with E-state index in [4.69, 9.17) is 0 Å². The molecule has 0 saturated carbocycles. The molecule has 1 fully saturated rings. The highest BCUT2D eigenvalue weighted by Gasteiger charge is 2.23. The smallest absolute Gasteiger partial charge is 0.259 e. The van der Waals surface area contributed by atoms with E-state index in [0.29, 0.717) is 17.2 Å². The standard InChI is InChI=1S/C22H24FN5OS/c1-15-25-11-19(30-15)13-28-8-6-16(7-9-28)10-21-20(12-24-14-26-21)22(29)27-18-4-2-17(23)3-5-18/h2-5,11-12,14,16H,6-10,13H2,1H3,(H,27,29). The predicted molar refractivity (Wildman–Crippen MR) is 115 cm³/mol. The Morgan fingerprint density at radius 3 is 2.67 bits per heavy atom. The summed E-state index contributed by atoms with van der Waals surface area (Å²) in [5.74, 6) is -0.125. The van der Waals surface area contributed by atoms with E-state index in [1.807, 2.05) is 13.1 Å². The van der Waals surface area contributed by atoms with Crippen LogP contribution in [0.4, 0.5) is 10.1 Å². The van der Waals surface area contributed by atoms with E-state index >= 15 is 0 Å². The molecule has 0 unspecified atom stereocenters. The number of rotatable bonds is 6. The first-order valence-corrected chi connectivity index (χ1v) is 10.9. The van der Waals surface area contributed by atoms with Crippen LogP contribution in [0, 0.1) is 18.7 Å². The summed E-state index contributed by atoms with van der Waals surface area (Å²) in [5, 5.41) is 3.91. The van der Waals surface area contributed by atoms with Crippen LogP contribution < -0.4 is 5.32 Å². The van der Waals surface area contributed by atoms with Crippen molar-refractivity contribution in [3.8, 4) is 0 Å². The number of carbonyl (C=O) groups excluding carboxylic acids is 1. The largest absolute Gasteiger partial charge is 0.322 e. The second-order valence-corrected chi connectivity index (χ2v) is 8.93. The highest BCUT2D eigenvalue weighted by Crippen LogP contribution is 2.25. The van der Waals surface area contributed by atoms with Gasteiger partial charge in [0, 0.05) is 29.5 Å². The fraction of sp³-hybridized carbons (Fsp3) is 0.364. The van der Waals surface area contributed by atoms with Crippen molar-refractivity contribution in [3.63, 3.8) is 0 Å². The van der Waals surface area contributed by atoms with Crippen LogP contribution in [0.3, 0.4) is 0 Å². The number of amides is 1. The Labute approximate surface area is 179 Å². The molecule has 1 saturated heterocycles. The third-order valence-corrected chi connectivity index (χ3v) is 6.28. The molecule has 0 atom stereocenters. The van der Waals surface area contributed by atoms with Crippen molar-refractivity contribution in [3.05, 3.63) is 69.9 Å². The van der Waals surface area contributed by atoms with Gasteiger partial charge in [0.25, 0.3) is 5.91 Å². The third kappa shape index (κ3) is 5.25. The van der Waals surface area contributed by atoms with Crippen LogP contribution >= 0.6 is 11.3 Å². The van der Waals surface area contributed by atoms with Gasteiger partial charge >= 0.3 is 0 Å². The molecule has 1 aliphatic rings. The van der Waals surface area contributed by atoms with Crippen LogP contribution in [0.15, 0.2) is 43.0 Å². The number of piperidine rings is 1. The first-order valence-electron chi connectivity index (χ1n) is 10.1. The molecule has 8 heteroatoms. The minimum atomic E-state index is -0.339. The molecule has 1 aliphatic heterocycles. The second kappa shape index (κ2) is 9.40. The average Bonchev–Trinajstić information content (AvgIpc) is 3.16. The monoisotopic (exact) mass is 425 g/mol. The molecular weight excluding hydrogens is 401 g/mol. The zero-order valence-electron chi connectivity index (χ0n) is 16.8. The fourth-order valence-electron chi connectivity index (χ4n) is 3.76. The lowest BCUT2D eigenvalue weighted by Gasteiger charge is -2.31. The van der Waals surface area contributed by atoms with E-state index < -0.39 is 0 Å². The minimum Gasteiger partial charge on any atom is -0.322 e. The highest BCUT2D eigenvalue weighted by atomic mass is 32.1. The maximum Gasteiger partial charge on any atom is 0.259 e. The molecule has 1 amide bonds. The average molecular weight is 426 g/mol. The number of aryl methyl sites for hydroxylation is 1. The lowest BCUT2D eigenvalue weighted by Crippen LogP contribution is -2.34. The number of aromatic nitrogens is 3. The Morgan fingerprint density at radius 1 is 1.20 bits per heavy atom. The van der Waals surface area contributed by atoms with Gasteiger partial charge in [0.1, 0.15) is 12.1 Å². The number of benzene rings is 1. The summed E-state index contributed by atoms with van der Waals surface area (Å²) >= 11 is 1.76. The number of likely N-dealkylation sites (tertiary alicyclic amines) is 1. The van der Waals surface area contributed by atoms with Crippen molar-refractivity contribution in [2.24, 2.45) is 5.92 Å². The molecule has 0 radical (unpaired) electrons. The van der Waals surface area contributed by atoms with E-state index in [-0.39, 0.29) is 11.7 Å². The van der Waals surface area contributed by atoms with Crippen LogP contribution in [0.2, 0.25) is 0 Å². The van der Waals surface area contributed by atoms with Crippen LogP contribution in [0.5, 0.6) is 0 Å². The van der Waals surface area contributed by atoms with E-state index in [9.17, 15) is 9.18 Å². The molecule has 6 nitrogen and oxygen atoms in total. The Morgan fingerprint density at radius 2 is 1.97 bits per heavy atom. The van der Waals surface area contributed by atoms with Crippen molar-refractivity contribution in [1.29, 1.82) is 0 Å². The summed E-state index contributed by atoms with van der Waals surface area (Å²) in [7, 11) is 0. The summed E-state index contributed by atoms with van der Waals surface area (Å²) in [6, 6.07) is 5.72. The van der Waals surface area contributed by atoms with Gasteiger partial charge in [-0.05, 0) is 69.5 Å². The fourth-order valence-corrected chi connectivity index (χ4v) is 4.60. The normalized spacial score (nSPS) is 15.3. The highest BCUT2D eigenvalue weighted by molar-refractivity contribution is 7.11. The van der Waals surface area contributed by atoms with Gasteiger partial charge in [0.15, 0.2) is 0 Å². The van der Waals surface area contributed by atoms with E-state index in [0.717, 1.165) is 49.6 Å². The number of carbonyl (C=O) groups is 1. The van der Waals surface area contributed by atoms with Gasteiger partial charge in [-0.3, -0.25) is 9.69 Å². The summed E-state index contributed by atoms with van der Waals surface area (Å²) in [4.78, 5) is 29.2. The summed E-state index contributed by atoms with van der Waals surface area (Å²) in [6.07, 6.45) is 7.91. The second-order valence-electron chi connectivity index (χ2n) is 7.61. The molecule has 3 heterocycles. The minimum absolute atomic E-state index is 0.268. The third-order valence-electron chi connectivity index (χ3n) is 5.38. The lowest BCUT2D eigenvalue weighted by molar-refractivity contribution is 0.102. The Hall–Kier alpha value is -2.71. The maximum absolute atomic E-state index is 13.1. The number of hydrogen-bond donors (Lipinski definition) is 1. The Kier molecular flexibility index (Phi) is 6.44. The van der Waals surface area contributed by atoms with Crippen molar-refractivity contribution in [2.45, 2.75) is 32.7 Å². The quantitative estimate of drug-likeness (QED) is 0.644. The van der Waals surface area contributed by atoms with Gasteiger partial charge in [-0.1, -0.05) is 0 Å². The first-order chi connectivity index (χ1) is 14.6. The van der Waals surface area contributed by atoms with E-state index in [1.165, 1.54) is 35.5 Å². The van der Waals surface area contributed by atoms with Crippen LogP contribution in [-0.4, -0.2) is 38.8 Å². The van der Waals surface area contributed by atoms with Gasteiger partial charge in [-0.25, -0.2) is 19.3 Å². The number of hydrogen-bond acceptors (Lipinski definition) is 6. The lowest BCUT2D eigenvalue weighted by atomic mass is 9.91. The summed E-state index contributed by atoms with van der Waals surface area (Å²) < 4.78 is 13.1. The number of nitrogens with zero attached hydrogens (tertiary/aromatic N) is 4. The Balaban J connectivity index is 1.35. The molecule has 4 rings (SSSR count). The van der Waals surface area contributed by atoms with Crippen molar-refractivity contribution < 1.29 is 9.18 Å². The maximum atomic E-state index is 13.1. The molecule has 1 aromatic carbocycles. The van der Waals surface area contributed by atoms with Crippen molar-refractivity contribution in [2.75, 3.05) is 18.4 Å².